The van der Waals surface area contributed by atoms with Crippen molar-refractivity contribution in [2.24, 2.45) is 0 Å². The van der Waals surface area contributed by atoms with Gasteiger partial charge in [-0.05, 0) is 42.7 Å². The Kier molecular flexibility index (Phi) is 4.56. The summed E-state index contributed by atoms with van der Waals surface area (Å²) < 4.78 is 6.76. The fraction of sp³-hybridized carbons (Fsp3) is 0.136. The lowest BCUT2D eigenvalue weighted by Gasteiger charge is -2.07. The number of fused-ring (bicyclic) bond motifs is 1. The average molecular weight is 344 g/mol. The lowest BCUT2D eigenvalue weighted by molar-refractivity contribution is -0.579. The molecule has 0 saturated carbocycles. The van der Waals surface area contributed by atoms with Crippen molar-refractivity contribution >= 4 is 11.0 Å². The zero-order valence-electron chi connectivity index (χ0n) is 14.4. The number of hydrogen-bond donors (Lipinski definition) is 1. The molecular weight excluding hydrogens is 324 g/mol. The molecule has 0 unspecified atom stereocenters. The van der Waals surface area contributed by atoms with Crippen LogP contribution in [0, 0.1) is 5.21 Å². The summed E-state index contributed by atoms with van der Waals surface area (Å²) in [6.45, 7) is 0.672. The molecule has 0 aliphatic carbocycles. The van der Waals surface area contributed by atoms with Crippen LogP contribution in [0.5, 0.6) is 5.75 Å². The van der Waals surface area contributed by atoms with E-state index < -0.39 is 0 Å². The predicted molar refractivity (Wildman–Crippen MR) is 103 cm³/mol. The highest BCUT2D eigenvalue weighted by atomic mass is 16.5. The minimum atomic E-state index is 0.566. The fourth-order valence-electron chi connectivity index (χ4n) is 3.09. The molecule has 0 fully saturated rings. The molecule has 4 rings (SSSR count). The van der Waals surface area contributed by atoms with Gasteiger partial charge in [-0.25, -0.2) is 9.71 Å². The van der Waals surface area contributed by atoms with Gasteiger partial charge in [-0.3, -0.25) is 0 Å². The molecule has 2 aromatic carbocycles. The van der Waals surface area contributed by atoms with Crippen LogP contribution in [0.25, 0.3) is 22.3 Å². The number of benzene rings is 2. The third-order valence-electron chi connectivity index (χ3n) is 4.41. The molecule has 0 spiro atoms. The van der Waals surface area contributed by atoms with Crippen LogP contribution in [-0.2, 0) is 6.42 Å². The molecule has 0 bridgehead atoms. The first-order valence-corrected chi connectivity index (χ1v) is 8.78. The molecule has 4 nitrogen and oxygen atoms in total. The fourth-order valence-corrected chi connectivity index (χ4v) is 3.09. The molecule has 130 valence electrons. The summed E-state index contributed by atoms with van der Waals surface area (Å²) in [5, 5.41) is 12.7. The lowest BCUT2D eigenvalue weighted by atomic mass is 10.1. The molecule has 0 aliphatic heterocycles. The standard InChI is InChI=1S/C22H20N2O2/c25-24-13-5-11-19-16-21(23-22(19)24)18-10-4-12-20(15-18)26-14-6-9-17-7-2-1-3-8-17/h1-5,7-8,10-13,15-16,23H,6,9,14H2. The van der Waals surface area contributed by atoms with E-state index in [4.69, 9.17) is 4.74 Å². The van der Waals surface area contributed by atoms with E-state index in [1.54, 1.807) is 6.07 Å². The Balaban J connectivity index is 1.43. The lowest BCUT2D eigenvalue weighted by Crippen LogP contribution is -2.25. The normalized spacial score (nSPS) is 10.9. The summed E-state index contributed by atoms with van der Waals surface area (Å²) in [5.41, 5.74) is 3.80. The van der Waals surface area contributed by atoms with E-state index in [9.17, 15) is 5.21 Å². The van der Waals surface area contributed by atoms with Gasteiger partial charge in [0, 0.05) is 11.6 Å². The molecule has 2 heterocycles. The second kappa shape index (κ2) is 7.31. The smallest absolute Gasteiger partial charge is 0.290 e. The van der Waals surface area contributed by atoms with Crippen molar-refractivity contribution in [3.63, 3.8) is 0 Å². The third-order valence-corrected chi connectivity index (χ3v) is 4.41. The maximum absolute atomic E-state index is 11.8. The second-order valence-electron chi connectivity index (χ2n) is 6.29. The number of ether oxygens (including phenoxy) is 1. The van der Waals surface area contributed by atoms with Crippen LogP contribution in [0.1, 0.15) is 12.0 Å². The maximum atomic E-state index is 11.8. The zero-order valence-corrected chi connectivity index (χ0v) is 14.4. The summed E-state index contributed by atoms with van der Waals surface area (Å²) in [6, 6.07) is 24.0. The van der Waals surface area contributed by atoms with E-state index in [2.05, 4.69) is 29.2 Å². The molecule has 0 amide bonds. The minimum Gasteiger partial charge on any atom is -0.711 e. The van der Waals surface area contributed by atoms with Crippen molar-refractivity contribution < 1.29 is 9.47 Å². The highest BCUT2D eigenvalue weighted by Crippen LogP contribution is 2.25. The van der Waals surface area contributed by atoms with E-state index in [0.717, 1.165) is 40.0 Å². The van der Waals surface area contributed by atoms with Crippen molar-refractivity contribution in [2.75, 3.05) is 6.61 Å². The van der Waals surface area contributed by atoms with E-state index in [0.29, 0.717) is 12.3 Å². The van der Waals surface area contributed by atoms with Crippen molar-refractivity contribution in [2.45, 2.75) is 12.8 Å². The molecule has 2 aromatic heterocycles. The van der Waals surface area contributed by atoms with E-state index >= 15 is 0 Å². The molecule has 4 aromatic rings. The Hall–Kier alpha value is -3.27. The first-order valence-electron chi connectivity index (χ1n) is 8.78. The van der Waals surface area contributed by atoms with E-state index in [-0.39, 0.29) is 0 Å². The van der Waals surface area contributed by atoms with E-state index in [1.165, 1.54) is 11.8 Å². The van der Waals surface area contributed by atoms with Crippen LogP contribution in [0.3, 0.4) is 0 Å². The molecule has 0 radical (unpaired) electrons. The molecule has 0 atom stereocenters. The Morgan fingerprint density at radius 1 is 0.923 bits per heavy atom. The largest absolute Gasteiger partial charge is 0.711 e. The SMILES string of the molecule is [O-][n+]1cccc2cc(-c3cccc(OCCCc4ccccc4)c3)[nH]c21. The van der Waals surface area contributed by atoms with Gasteiger partial charge in [-0.15, -0.1) is 0 Å². The maximum Gasteiger partial charge on any atom is 0.290 e. The number of aromatic nitrogens is 2. The average Bonchev–Trinajstić information content (AvgIpc) is 3.12. The Morgan fingerprint density at radius 3 is 2.65 bits per heavy atom. The highest BCUT2D eigenvalue weighted by Gasteiger charge is 2.11. The van der Waals surface area contributed by atoms with E-state index in [1.807, 2.05) is 42.5 Å². The highest BCUT2D eigenvalue weighted by molar-refractivity contribution is 5.81. The summed E-state index contributed by atoms with van der Waals surface area (Å²) >= 11 is 0. The van der Waals surface area contributed by atoms with Gasteiger partial charge in [0.15, 0.2) is 0 Å². The zero-order chi connectivity index (χ0) is 17.8. The van der Waals surface area contributed by atoms with Gasteiger partial charge in [0.05, 0.1) is 18.2 Å². The van der Waals surface area contributed by atoms with Gasteiger partial charge in [-0.1, -0.05) is 42.5 Å². The van der Waals surface area contributed by atoms with Crippen LogP contribution < -0.4 is 9.47 Å². The first kappa shape index (κ1) is 16.2. The van der Waals surface area contributed by atoms with Gasteiger partial charge in [0.2, 0.25) is 0 Å². The monoisotopic (exact) mass is 344 g/mol. The van der Waals surface area contributed by atoms with Gasteiger partial charge in [0.25, 0.3) is 5.65 Å². The molecule has 4 heteroatoms. The topological polar surface area (TPSA) is 52.0 Å². The summed E-state index contributed by atoms with van der Waals surface area (Å²) in [6.07, 6.45) is 3.47. The molecule has 0 saturated heterocycles. The minimum absolute atomic E-state index is 0.566. The summed E-state index contributed by atoms with van der Waals surface area (Å²) in [7, 11) is 0. The Bertz CT molecular complexity index is 1010. The predicted octanol–water partition coefficient (Wildman–Crippen LogP) is 4.48. The molecule has 0 aliphatic rings. The Labute approximate surface area is 152 Å². The number of nitrogens with zero attached hydrogens (tertiary/aromatic N) is 1. The van der Waals surface area contributed by atoms with Crippen molar-refractivity contribution in [3.8, 4) is 17.0 Å². The third kappa shape index (κ3) is 3.54. The van der Waals surface area contributed by atoms with Crippen LogP contribution in [-0.4, -0.2) is 11.6 Å². The number of aryl methyl sites for hydroxylation is 1. The number of aromatic amines is 1. The number of H-pyrrole nitrogens is 1. The summed E-state index contributed by atoms with van der Waals surface area (Å²) in [4.78, 5) is 3.19. The van der Waals surface area contributed by atoms with Gasteiger partial charge >= 0.3 is 0 Å². The quantitative estimate of drug-likeness (QED) is 0.318. The van der Waals surface area contributed by atoms with Gasteiger partial charge in [0.1, 0.15) is 11.4 Å². The van der Waals surface area contributed by atoms with Crippen molar-refractivity contribution in [1.82, 2.24) is 4.98 Å². The van der Waals surface area contributed by atoms with Crippen LogP contribution in [0.15, 0.2) is 79.0 Å². The van der Waals surface area contributed by atoms with Gasteiger partial charge < -0.3 is 9.94 Å². The molecular formula is C22H20N2O2. The number of pyridine rings is 1. The molecule has 1 N–H and O–H groups in total. The number of nitrogens with one attached hydrogen (secondary N) is 1. The second-order valence-corrected chi connectivity index (χ2v) is 6.29. The van der Waals surface area contributed by atoms with Gasteiger partial charge in [-0.2, -0.15) is 0 Å². The summed E-state index contributed by atoms with van der Waals surface area (Å²) in [5.74, 6) is 0.837. The van der Waals surface area contributed by atoms with Crippen LogP contribution >= 0.6 is 0 Å². The first-order chi connectivity index (χ1) is 12.8. The Morgan fingerprint density at radius 2 is 1.81 bits per heavy atom. The number of rotatable bonds is 6. The number of hydrogen-bond acceptors (Lipinski definition) is 2. The van der Waals surface area contributed by atoms with Crippen molar-refractivity contribution in [1.29, 1.82) is 0 Å². The van der Waals surface area contributed by atoms with Crippen LogP contribution in [0.4, 0.5) is 0 Å². The van der Waals surface area contributed by atoms with Crippen LogP contribution in [0.2, 0.25) is 0 Å². The molecule has 26 heavy (non-hydrogen) atoms. The van der Waals surface area contributed by atoms with Crippen molar-refractivity contribution in [3.05, 3.63) is 89.8 Å².